The minimum Gasteiger partial charge on any atom is -0.192 e. The molecule has 0 spiro atoms. The molecular weight excluding hydrogens is 208 g/mol. The lowest BCUT2D eigenvalue weighted by Gasteiger charge is -1.73. The summed E-state index contributed by atoms with van der Waals surface area (Å²) in [5.41, 5.74) is 0.000520. The van der Waals surface area contributed by atoms with Crippen LogP contribution in [-0.2, 0) is 0 Å². The van der Waals surface area contributed by atoms with Crippen LogP contribution in [0.4, 0.5) is 0 Å². The van der Waals surface area contributed by atoms with E-state index in [-0.39, 0.29) is 11.4 Å². The molecular formula is C10H2N4S. The normalized spacial score (nSPS) is 7.73. The van der Waals surface area contributed by atoms with Crippen LogP contribution in [0.15, 0.2) is 12.1 Å². The van der Waals surface area contributed by atoms with Gasteiger partial charge < -0.3 is 0 Å². The van der Waals surface area contributed by atoms with E-state index in [9.17, 15) is 0 Å². The van der Waals surface area contributed by atoms with Crippen LogP contribution in [0.5, 0.6) is 0 Å². The van der Waals surface area contributed by atoms with E-state index in [1.54, 1.807) is 24.3 Å². The van der Waals surface area contributed by atoms with Crippen LogP contribution in [-0.4, -0.2) is 0 Å². The van der Waals surface area contributed by atoms with Gasteiger partial charge in [-0.3, -0.25) is 0 Å². The highest BCUT2D eigenvalue weighted by atomic mass is 32.1. The van der Waals surface area contributed by atoms with Crippen LogP contribution in [0, 0.1) is 35.8 Å². The van der Waals surface area contributed by atoms with Crippen molar-refractivity contribution in [1.29, 1.82) is 10.5 Å². The second kappa shape index (κ2) is 4.58. The zero-order valence-electron chi connectivity index (χ0n) is 7.35. The van der Waals surface area contributed by atoms with Crippen LogP contribution in [0.2, 0.25) is 0 Å². The van der Waals surface area contributed by atoms with Crippen LogP contribution < -0.4 is 9.06 Å². The van der Waals surface area contributed by atoms with Gasteiger partial charge in [-0.25, -0.2) is 0 Å². The summed E-state index contributed by atoms with van der Waals surface area (Å²) in [5, 5.41) is 17.2. The molecule has 1 aromatic rings. The molecule has 0 saturated carbocycles. The van der Waals surface area contributed by atoms with Gasteiger partial charge in [0.15, 0.2) is 0 Å². The van der Waals surface area contributed by atoms with E-state index in [1.807, 2.05) is 0 Å². The van der Waals surface area contributed by atoms with Gasteiger partial charge in [0.25, 0.3) is 0 Å². The van der Waals surface area contributed by atoms with Gasteiger partial charge in [0, 0.05) is 0 Å². The number of hydrogen-bond acceptors (Lipinski definition) is 3. The summed E-state index contributed by atoms with van der Waals surface area (Å²) in [6.07, 6.45) is 0. The van der Waals surface area contributed by atoms with Crippen molar-refractivity contribution in [2.75, 3.05) is 0 Å². The van der Waals surface area contributed by atoms with Crippen molar-refractivity contribution >= 4 is 22.7 Å². The molecule has 0 aliphatic heterocycles. The Balaban J connectivity index is 3.66. The first-order chi connectivity index (χ1) is 7.26. The Bertz CT molecular complexity index is 577. The molecule has 0 aliphatic rings. The Morgan fingerprint density at radius 2 is 1.67 bits per heavy atom. The molecule has 5 heteroatoms. The molecule has 0 atom stereocenters. The Kier molecular flexibility index (Phi) is 3.20. The third kappa shape index (κ3) is 2.01. The SMILES string of the molecule is [C-]#[N+]C([N+]#[C-])=c1ccc(=C(C#N)C#N)s1. The van der Waals surface area contributed by atoms with Gasteiger partial charge in [-0.15, -0.1) is 11.3 Å². The topological polar surface area (TPSA) is 56.3 Å². The molecule has 0 bridgehead atoms. The summed E-state index contributed by atoms with van der Waals surface area (Å²) < 4.78 is 0.970. The molecule has 15 heavy (non-hydrogen) atoms. The first kappa shape index (κ1) is 10.5. The standard InChI is InChI=1S/C10H2N4S/c1-13-10(14-2)9-4-3-8(15-9)7(5-11)6-12/h3-4H. The van der Waals surface area contributed by atoms with Crippen molar-refractivity contribution in [1.82, 2.24) is 0 Å². The Morgan fingerprint density at radius 1 is 1.13 bits per heavy atom. The fourth-order valence-corrected chi connectivity index (χ4v) is 1.75. The third-order valence-corrected chi connectivity index (χ3v) is 2.61. The van der Waals surface area contributed by atoms with Gasteiger partial charge in [0.05, 0.1) is 4.53 Å². The number of nitrogens with zero attached hydrogens (tertiary/aromatic N) is 4. The van der Waals surface area contributed by atoms with Crippen LogP contribution in [0.1, 0.15) is 0 Å². The monoisotopic (exact) mass is 210 g/mol. The average Bonchev–Trinajstić information content (AvgIpc) is 2.71. The average molecular weight is 210 g/mol. The minimum atomic E-state index is -0.0403. The number of rotatable bonds is 0. The summed E-state index contributed by atoms with van der Waals surface area (Å²) in [6, 6.07) is 6.65. The molecule has 0 saturated heterocycles. The van der Waals surface area contributed by atoms with E-state index in [1.165, 1.54) is 0 Å². The Labute approximate surface area is 89.9 Å². The zero-order chi connectivity index (χ0) is 11.3. The lowest BCUT2D eigenvalue weighted by atomic mass is 10.3. The van der Waals surface area contributed by atoms with Gasteiger partial charge in [0.1, 0.15) is 35.4 Å². The first-order valence-corrected chi connectivity index (χ1v) is 4.48. The smallest absolute Gasteiger partial charge is 0.192 e. The van der Waals surface area contributed by atoms with Gasteiger partial charge >= 0.3 is 5.82 Å². The number of nitriles is 2. The molecule has 0 fully saturated rings. The second-order valence-electron chi connectivity index (χ2n) is 2.31. The summed E-state index contributed by atoms with van der Waals surface area (Å²) in [5.74, 6) is -0.0403. The molecule has 0 aliphatic carbocycles. The molecule has 1 rings (SSSR count). The van der Waals surface area contributed by atoms with E-state index in [0.717, 1.165) is 11.3 Å². The Morgan fingerprint density at radius 3 is 2.13 bits per heavy atom. The van der Waals surface area contributed by atoms with E-state index >= 15 is 0 Å². The minimum absolute atomic E-state index is 0.000520. The van der Waals surface area contributed by atoms with Gasteiger partial charge in [-0.05, 0) is 12.1 Å². The molecule has 0 amide bonds. The molecule has 0 radical (unpaired) electrons. The highest BCUT2D eigenvalue weighted by molar-refractivity contribution is 7.08. The maximum atomic E-state index is 8.61. The third-order valence-electron chi connectivity index (χ3n) is 1.51. The molecule has 0 unspecified atom stereocenters. The zero-order valence-corrected chi connectivity index (χ0v) is 8.17. The summed E-state index contributed by atoms with van der Waals surface area (Å²) in [7, 11) is 0. The molecule has 1 heterocycles. The molecule has 1 aromatic heterocycles. The van der Waals surface area contributed by atoms with Crippen molar-refractivity contribution in [3.63, 3.8) is 0 Å². The summed E-state index contributed by atoms with van der Waals surface area (Å²) in [4.78, 5) is 6.10. The lowest BCUT2D eigenvalue weighted by molar-refractivity contribution is 1.51. The fourth-order valence-electron chi connectivity index (χ4n) is 0.863. The van der Waals surface area contributed by atoms with Crippen LogP contribution >= 0.6 is 11.3 Å². The van der Waals surface area contributed by atoms with E-state index in [4.69, 9.17) is 23.7 Å². The maximum absolute atomic E-state index is 8.61. The summed E-state index contributed by atoms with van der Waals surface area (Å²) >= 11 is 1.10. The van der Waals surface area contributed by atoms with E-state index in [0.29, 0.717) is 9.06 Å². The quantitative estimate of drug-likeness (QED) is 0.596. The maximum Gasteiger partial charge on any atom is 0.536 e. The largest absolute Gasteiger partial charge is 0.536 e. The van der Waals surface area contributed by atoms with Crippen molar-refractivity contribution in [2.45, 2.75) is 0 Å². The second-order valence-corrected chi connectivity index (χ2v) is 3.39. The van der Waals surface area contributed by atoms with Crippen LogP contribution in [0.25, 0.3) is 21.1 Å². The van der Waals surface area contributed by atoms with Gasteiger partial charge in [-0.1, -0.05) is 0 Å². The Hall–Kier alpha value is -2.60. The van der Waals surface area contributed by atoms with Crippen molar-refractivity contribution in [2.24, 2.45) is 0 Å². The van der Waals surface area contributed by atoms with Crippen molar-refractivity contribution < 1.29 is 0 Å². The van der Waals surface area contributed by atoms with Crippen molar-refractivity contribution in [3.05, 3.63) is 44.0 Å². The number of thiophene rings is 1. The predicted molar refractivity (Wildman–Crippen MR) is 54.8 cm³/mol. The van der Waals surface area contributed by atoms with Crippen molar-refractivity contribution in [3.8, 4) is 12.1 Å². The molecule has 0 aromatic carbocycles. The molecule has 68 valence electrons. The molecule has 4 nitrogen and oxygen atoms in total. The lowest BCUT2D eigenvalue weighted by Crippen LogP contribution is -1.97. The highest BCUT2D eigenvalue weighted by Crippen LogP contribution is 1.98. The van der Waals surface area contributed by atoms with Crippen LogP contribution in [0.3, 0.4) is 0 Å². The van der Waals surface area contributed by atoms with Gasteiger partial charge in [0.2, 0.25) is 0 Å². The van der Waals surface area contributed by atoms with E-state index in [2.05, 4.69) is 9.69 Å². The summed E-state index contributed by atoms with van der Waals surface area (Å²) in [6.45, 7) is 13.5. The fraction of sp³-hybridized carbons (Fsp3) is 0. The number of hydrogen-bond donors (Lipinski definition) is 0. The van der Waals surface area contributed by atoms with E-state index < -0.39 is 0 Å². The predicted octanol–water partition coefficient (Wildman–Crippen LogP) is 0.850. The van der Waals surface area contributed by atoms with Gasteiger partial charge in [-0.2, -0.15) is 20.2 Å². The molecule has 0 N–H and O–H groups in total. The highest BCUT2D eigenvalue weighted by Gasteiger charge is 2.06. The first-order valence-electron chi connectivity index (χ1n) is 3.66.